The summed E-state index contributed by atoms with van der Waals surface area (Å²) in [4.78, 5) is 10.6. The molecule has 0 radical (unpaired) electrons. The Hall–Kier alpha value is 0.160. The average molecular weight is 327 g/mol. The van der Waals surface area contributed by atoms with Crippen LogP contribution in [0.1, 0.15) is 33.1 Å². The maximum absolute atomic E-state index is 10.6. The highest BCUT2D eigenvalue weighted by atomic mass is 127. The molecule has 15 heavy (non-hydrogen) atoms. The average Bonchev–Trinajstić information content (AvgIpc) is 2.10. The molecular weight excluding hydrogens is 305 g/mol. The fourth-order valence-corrected chi connectivity index (χ4v) is 2.17. The highest BCUT2D eigenvalue weighted by Gasteiger charge is 2.31. The Balaban J connectivity index is 0.00000196. The van der Waals surface area contributed by atoms with Crippen molar-refractivity contribution in [1.29, 1.82) is 0 Å². The molecule has 0 amide bonds. The summed E-state index contributed by atoms with van der Waals surface area (Å²) >= 11 is 0. The number of halogens is 1. The second kappa shape index (κ2) is 6.68. The first-order valence-electron chi connectivity index (χ1n) is 5.52. The Morgan fingerprint density at radius 3 is 2.67 bits per heavy atom. The number of quaternary nitrogens is 1. The van der Waals surface area contributed by atoms with Crippen LogP contribution in [0.5, 0.6) is 0 Å². The van der Waals surface area contributed by atoms with Crippen LogP contribution in [0.4, 0.5) is 0 Å². The van der Waals surface area contributed by atoms with Crippen LogP contribution in [0.15, 0.2) is 0 Å². The molecule has 1 heterocycles. The van der Waals surface area contributed by atoms with Gasteiger partial charge in [-0.15, -0.1) is 0 Å². The van der Waals surface area contributed by atoms with Gasteiger partial charge in [-0.3, -0.25) is 4.79 Å². The van der Waals surface area contributed by atoms with Gasteiger partial charge in [-0.05, 0) is 26.2 Å². The zero-order valence-electron chi connectivity index (χ0n) is 9.96. The minimum atomic E-state index is -0.165. The number of hydrogen-bond acceptors (Lipinski definition) is 2. The lowest BCUT2D eigenvalue weighted by atomic mass is 10.0. The van der Waals surface area contributed by atoms with Crippen molar-refractivity contribution in [3.63, 3.8) is 0 Å². The van der Waals surface area contributed by atoms with Gasteiger partial charge in [-0.25, -0.2) is 0 Å². The third-order valence-electron chi connectivity index (χ3n) is 3.51. The number of likely N-dealkylation sites (tertiary alicyclic amines) is 1. The van der Waals surface area contributed by atoms with Crippen LogP contribution in [0, 0.1) is 0 Å². The molecule has 1 aliphatic heterocycles. The molecule has 0 saturated carbocycles. The van der Waals surface area contributed by atoms with Crippen molar-refractivity contribution < 1.29 is 38.0 Å². The molecule has 0 aliphatic carbocycles. The summed E-state index contributed by atoms with van der Waals surface area (Å²) in [5.41, 5.74) is 0. The van der Waals surface area contributed by atoms with Gasteiger partial charge in [0, 0.05) is 6.92 Å². The molecule has 0 spiro atoms. The van der Waals surface area contributed by atoms with Gasteiger partial charge in [0.05, 0.1) is 19.6 Å². The Labute approximate surface area is 110 Å². The molecule has 4 heteroatoms. The highest BCUT2D eigenvalue weighted by Crippen LogP contribution is 2.22. The quantitative estimate of drug-likeness (QED) is 0.361. The van der Waals surface area contributed by atoms with Gasteiger partial charge in [0.25, 0.3) is 0 Å². The Morgan fingerprint density at radius 1 is 1.47 bits per heavy atom. The molecule has 0 aromatic rings. The van der Waals surface area contributed by atoms with Crippen molar-refractivity contribution in [2.75, 3.05) is 26.7 Å². The smallest absolute Gasteiger partial charge is 0.302 e. The summed E-state index contributed by atoms with van der Waals surface area (Å²) < 4.78 is 6.07. The summed E-state index contributed by atoms with van der Waals surface area (Å²) in [6.45, 7) is 6.52. The van der Waals surface area contributed by atoms with Gasteiger partial charge in [0.15, 0.2) is 0 Å². The van der Waals surface area contributed by atoms with Crippen molar-refractivity contribution in [3.05, 3.63) is 0 Å². The number of nitrogens with zero attached hydrogens (tertiary/aromatic N) is 1. The van der Waals surface area contributed by atoms with Crippen LogP contribution >= 0.6 is 0 Å². The first-order chi connectivity index (χ1) is 6.54. The predicted molar refractivity (Wildman–Crippen MR) is 55.9 cm³/mol. The van der Waals surface area contributed by atoms with E-state index in [-0.39, 0.29) is 29.9 Å². The number of rotatable bonds is 3. The maximum Gasteiger partial charge on any atom is 0.302 e. The van der Waals surface area contributed by atoms with Gasteiger partial charge in [-0.1, -0.05) is 0 Å². The largest absolute Gasteiger partial charge is 1.00 e. The molecule has 2 atom stereocenters. The van der Waals surface area contributed by atoms with E-state index in [4.69, 9.17) is 4.74 Å². The van der Waals surface area contributed by atoms with Gasteiger partial charge < -0.3 is 33.2 Å². The highest BCUT2D eigenvalue weighted by molar-refractivity contribution is 5.65. The van der Waals surface area contributed by atoms with Gasteiger partial charge in [-0.2, -0.15) is 0 Å². The molecule has 0 bridgehead atoms. The van der Waals surface area contributed by atoms with Gasteiger partial charge >= 0.3 is 5.97 Å². The minimum absolute atomic E-state index is 0. The molecule has 0 aromatic carbocycles. The van der Waals surface area contributed by atoms with E-state index in [0.717, 1.165) is 11.0 Å². The first-order valence-corrected chi connectivity index (χ1v) is 5.52. The lowest BCUT2D eigenvalue weighted by Gasteiger charge is -2.43. The lowest BCUT2D eigenvalue weighted by molar-refractivity contribution is -0.936. The summed E-state index contributed by atoms with van der Waals surface area (Å²) in [6.07, 6.45) is 3.96. The van der Waals surface area contributed by atoms with E-state index in [1.54, 1.807) is 0 Å². The lowest BCUT2D eigenvalue weighted by Crippen LogP contribution is -3.00. The second-order valence-electron chi connectivity index (χ2n) is 4.61. The van der Waals surface area contributed by atoms with Crippen LogP contribution in [0.25, 0.3) is 0 Å². The van der Waals surface area contributed by atoms with E-state index in [1.165, 1.54) is 32.7 Å². The fraction of sp³-hybridized carbons (Fsp3) is 0.909. The van der Waals surface area contributed by atoms with E-state index in [2.05, 4.69) is 14.0 Å². The van der Waals surface area contributed by atoms with Crippen molar-refractivity contribution >= 4 is 5.97 Å². The fourth-order valence-electron chi connectivity index (χ4n) is 2.17. The Bertz CT molecular complexity index is 211. The first kappa shape index (κ1) is 15.2. The number of carbonyl (C=O) groups excluding carboxylic acids is 1. The van der Waals surface area contributed by atoms with E-state index >= 15 is 0 Å². The second-order valence-corrected chi connectivity index (χ2v) is 4.61. The van der Waals surface area contributed by atoms with E-state index < -0.39 is 0 Å². The molecule has 1 fully saturated rings. The van der Waals surface area contributed by atoms with Crippen LogP contribution in [-0.4, -0.2) is 43.2 Å². The Morgan fingerprint density at radius 2 is 2.13 bits per heavy atom. The van der Waals surface area contributed by atoms with Crippen LogP contribution in [0.2, 0.25) is 0 Å². The number of likely N-dealkylation sites (N-methyl/N-ethyl adjacent to an activating group) is 1. The monoisotopic (exact) mass is 327 g/mol. The molecule has 1 rings (SSSR count). The van der Waals surface area contributed by atoms with Crippen LogP contribution < -0.4 is 24.0 Å². The van der Waals surface area contributed by atoms with E-state index in [1.807, 2.05) is 0 Å². The minimum Gasteiger partial charge on any atom is -1.00 e. The number of carbonyl (C=O) groups is 1. The summed E-state index contributed by atoms with van der Waals surface area (Å²) in [6, 6.07) is 0.708. The molecule has 1 aliphatic rings. The van der Waals surface area contributed by atoms with E-state index in [0.29, 0.717) is 12.6 Å². The summed E-state index contributed by atoms with van der Waals surface area (Å²) in [5.74, 6) is -0.165. The number of hydrogen-bond donors (Lipinski definition) is 0. The van der Waals surface area contributed by atoms with E-state index in [9.17, 15) is 4.79 Å². The number of piperidine rings is 1. The number of esters is 1. The molecule has 3 nitrogen and oxygen atoms in total. The molecule has 2 unspecified atom stereocenters. The van der Waals surface area contributed by atoms with Crippen LogP contribution in [0.3, 0.4) is 0 Å². The van der Waals surface area contributed by atoms with Crippen molar-refractivity contribution in [3.8, 4) is 0 Å². The predicted octanol–water partition coefficient (Wildman–Crippen LogP) is -1.43. The SMILES string of the molecule is CC(=O)OCC[N+]1(C)CCCCC1C.[I-]. The summed E-state index contributed by atoms with van der Waals surface area (Å²) in [5, 5.41) is 0. The third-order valence-corrected chi connectivity index (χ3v) is 3.51. The standard InChI is InChI=1S/C11H22NO2.HI/c1-10-6-4-5-7-12(10,3)8-9-14-11(2)13;/h10H,4-9H2,1-3H3;1H/q+1;/p-1. The van der Waals surface area contributed by atoms with Crippen molar-refractivity contribution in [1.82, 2.24) is 0 Å². The summed E-state index contributed by atoms with van der Waals surface area (Å²) in [7, 11) is 2.27. The molecule has 90 valence electrons. The van der Waals surface area contributed by atoms with Crippen molar-refractivity contribution in [2.24, 2.45) is 0 Å². The van der Waals surface area contributed by atoms with Gasteiger partial charge in [0.1, 0.15) is 13.2 Å². The van der Waals surface area contributed by atoms with Crippen LogP contribution in [-0.2, 0) is 9.53 Å². The Kier molecular flexibility index (Phi) is 6.75. The zero-order chi connectivity index (χ0) is 10.6. The van der Waals surface area contributed by atoms with Crippen molar-refractivity contribution in [2.45, 2.75) is 39.2 Å². The molecule has 1 saturated heterocycles. The maximum atomic E-state index is 10.6. The topological polar surface area (TPSA) is 26.3 Å². The molecule has 0 N–H and O–H groups in total. The third kappa shape index (κ3) is 4.68. The molecule has 0 aromatic heterocycles. The van der Waals surface area contributed by atoms with Gasteiger partial charge in [0.2, 0.25) is 0 Å². The zero-order valence-corrected chi connectivity index (χ0v) is 12.1. The molecular formula is C11H22INO2. The number of ether oxygens (including phenoxy) is 1. The normalized spacial score (nSPS) is 30.5.